The summed E-state index contributed by atoms with van der Waals surface area (Å²) in [6.45, 7) is 7.85. The van der Waals surface area contributed by atoms with Crippen molar-refractivity contribution >= 4 is 10.0 Å². The molecule has 0 saturated carbocycles. The van der Waals surface area contributed by atoms with E-state index in [1.165, 1.54) is 0 Å². The molecule has 1 N–H and O–H groups in total. The molecule has 0 aromatic carbocycles. The Morgan fingerprint density at radius 1 is 1.35 bits per heavy atom. The SMILES string of the molecule is CC(C)NCCCCS(=O)(=O)N(C)CC1CCN(C)C1. The molecule has 1 unspecified atom stereocenters. The predicted octanol–water partition coefficient (Wildman–Crippen LogP) is 0.978. The van der Waals surface area contributed by atoms with Crippen molar-refractivity contribution in [3.63, 3.8) is 0 Å². The first-order valence-corrected chi connectivity index (χ1v) is 9.28. The van der Waals surface area contributed by atoms with E-state index >= 15 is 0 Å². The molecular weight excluding hydrogens is 274 g/mol. The van der Waals surface area contributed by atoms with Crippen molar-refractivity contribution < 1.29 is 8.42 Å². The van der Waals surface area contributed by atoms with E-state index in [-0.39, 0.29) is 5.75 Å². The number of nitrogens with one attached hydrogen (secondary N) is 1. The highest BCUT2D eigenvalue weighted by Crippen LogP contribution is 2.16. The van der Waals surface area contributed by atoms with Crippen LogP contribution in [-0.2, 0) is 10.0 Å². The Hall–Kier alpha value is -0.170. The zero-order chi connectivity index (χ0) is 15.2. The first kappa shape index (κ1) is 17.9. The Morgan fingerprint density at radius 3 is 2.60 bits per heavy atom. The number of unbranched alkanes of at least 4 members (excludes halogenated alkanes) is 1. The minimum Gasteiger partial charge on any atom is -0.315 e. The maximum absolute atomic E-state index is 12.2. The molecule has 0 aromatic heterocycles. The second-order valence-corrected chi connectivity index (χ2v) is 8.52. The fraction of sp³-hybridized carbons (Fsp3) is 1.00. The summed E-state index contributed by atoms with van der Waals surface area (Å²) >= 11 is 0. The van der Waals surface area contributed by atoms with Crippen LogP contribution in [0.15, 0.2) is 0 Å². The molecule has 0 aromatic rings. The molecule has 0 radical (unpaired) electrons. The molecular formula is C14H31N3O2S. The van der Waals surface area contributed by atoms with Gasteiger partial charge < -0.3 is 10.2 Å². The third kappa shape index (κ3) is 6.52. The second kappa shape index (κ2) is 8.32. The highest BCUT2D eigenvalue weighted by atomic mass is 32.2. The van der Waals surface area contributed by atoms with Gasteiger partial charge >= 0.3 is 0 Å². The molecule has 0 aliphatic carbocycles. The van der Waals surface area contributed by atoms with Crippen molar-refractivity contribution in [2.45, 2.75) is 39.2 Å². The molecule has 0 bridgehead atoms. The van der Waals surface area contributed by atoms with Crippen LogP contribution >= 0.6 is 0 Å². The summed E-state index contributed by atoms with van der Waals surface area (Å²) in [6.07, 6.45) is 2.75. The van der Waals surface area contributed by atoms with E-state index in [9.17, 15) is 8.42 Å². The molecule has 1 aliphatic rings. The number of hydrogen-bond donors (Lipinski definition) is 1. The summed E-state index contributed by atoms with van der Waals surface area (Å²) < 4.78 is 25.9. The van der Waals surface area contributed by atoms with Crippen LogP contribution < -0.4 is 5.32 Å². The third-order valence-electron chi connectivity index (χ3n) is 3.86. The van der Waals surface area contributed by atoms with Crippen LogP contribution in [0.25, 0.3) is 0 Å². The second-order valence-electron chi connectivity index (χ2n) is 6.33. The maximum Gasteiger partial charge on any atom is 0.213 e. The molecule has 6 heteroatoms. The smallest absolute Gasteiger partial charge is 0.213 e. The predicted molar refractivity (Wildman–Crippen MR) is 84.4 cm³/mol. The summed E-state index contributed by atoms with van der Waals surface area (Å²) in [5.41, 5.74) is 0. The minimum atomic E-state index is -3.08. The van der Waals surface area contributed by atoms with Gasteiger partial charge in [0.2, 0.25) is 10.0 Å². The largest absolute Gasteiger partial charge is 0.315 e. The lowest BCUT2D eigenvalue weighted by Gasteiger charge is -2.21. The van der Waals surface area contributed by atoms with Crippen LogP contribution in [0.3, 0.4) is 0 Å². The van der Waals surface area contributed by atoms with Gasteiger partial charge in [0.25, 0.3) is 0 Å². The summed E-state index contributed by atoms with van der Waals surface area (Å²) in [5, 5.41) is 3.31. The van der Waals surface area contributed by atoms with Crippen LogP contribution in [-0.4, -0.2) is 69.7 Å². The van der Waals surface area contributed by atoms with Gasteiger partial charge in [-0.1, -0.05) is 13.8 Å². The number of likely N-dealkylation sites (tertiary alicyclic amines) is 1. The van der Waals surface area contributed by atoms with Crippen LogP contribution in [0, 0.1) is 5.92 Å². The maximum atomic E-state index is 12.2. The summed E-state index contributed by atoms with van der Waals surface area (Å²) in [6, 6.07) is 0.466. The zero-order valence-corrected chi connectivity index (χ0v) is 14.2. The molecule has 1 atom stereocenters. The van der Waals surface area contributed by atoms with Gasteiger partial charge in [-0.25, -0.2) is 12.7 Å². The number of nitrogens with zero attached hydrogens (tertiary/aromatic N) is 2. The quantitative estimate of drug-likeness (QED) is 0.645. The van der Waals surface area contributed by atoms with E-state index in [2.05, 4.69) is 31.1 Å². The van der Waals surface area contributed by atoms with Gasteiger partial charge in [0.15, 0.2) is 0 Å². The van der Waals surface area contributed by atoms with Crippen LogP contribution in [0.1, 0.15) is 33.1 Å². The highest BCUT2D eigenvalue weighted by Gasteiger charge is 2.25. The molecule has 20 heavy (non-hydrogen) atoms. The number of rotatable bonds is 9. The molecule has 1 saturated heterocycles. The van der Waals surface area contributed by atoms with Crippen molar-refractivity contribution in [2.75, 3.05) is 46.0 Å². The van der Waals surface area contributed by atoms with E-state index in [1.807, 2.05) is 0 Å². The zero-order valence-electron chi connectivity index (χ0n) is 13.4. The van der Waals surface area contributed by atoms with E-state index < -0.39 is 10.0 Å². The van der Waals surface area contributed by atoms with Crippen LogP contribution in [0.4, 0.5) is 0 Å². The summed E-state index contributed by atoms with van der Waals surface area (Å²) in [5.74, 6) is 0.758. The Balaban J connectivity index is 2.25. The minimum absolute atomic E-state index is 0.270. The normalized spacial score (nSPS) is 21.2. The topological polar surface area (TPSA) is 52.7 Å². The van der Waals surface area contributed by atoms with E-state index in [0.29, 0.717) is 18.5 Å². The van der Waals surface area contributed by atoms with Gasteiger partial charge in [-0.15, -0.1) is 0 Å². The monoisotopic (exact) mass is 305 g/mol. The Bertz CT molecular complexity index is 371. The summed E-state index contributed by atoms with van der Waals surface area (Å²) in [7, 11) is 0.737. The molecule has 5 nitrogen and oxygen atoms in total. The standard InChI is InChI=1S/C14H31N3O2S/c1-13(2)15-8-5-6-10-20(18,19)17(4)12-14-7-9-16(3)11-14/h13-15H,5-12H2,1-4H3. The molecule has 1 heterocycles. The van der Waals surface area contributed by atoms with Gasteiger partial charge in [0, 0.05) is 26.2 Å². The van der Waals surface area contributed by atoms with Crippen molar-refractivity contribution in [1.82, 2.24) is 14.5 Å². The first-order chi connectivity index (χ1) is 9.31. The molecule has 1 rings (SSSR count). The Labute approximate surface area is 124 Å². The molecule has 120 valence electrons. The van der Waals surface area contributed by atoms with Gasteiger partial charge in [-0.2, -0.15) is 0 Å². The highest BCUT2D eigenvalue weighted by molar-refractivity contribution is 7.89. The van der Waals surface area contributed by atoms with Gasteiger partial charge in [-0.05, 0) is 45.3 Å². The van der Waals surface area contributed by atoms with Gasteiger partial charge in [-0.3, -0.25) is 0 Å². The molecule has 1 fully saturated rings. The van der Waals surface area contributed by atoms with Crippen molar-refractivity contribution in [3.05, 3.63) is 0 Å². The van der Waals surface area contributed by atoms with Gasteiger partial charge in [0.1, 0.15) is 0 Å². The molecule has 0 amide bonds. The fourth-order valence-corrected chi connectivity index (χ4v) is 3.93. The van der Waals surface area contributed by atoms with E-state index in [4.69, 9.17) is 0 Å². The van der Waals surface area contributed by atoms with E-state index in [1.54, 1.807) is 11.4 Å². The average Bonchev–Trinajstić information content (AvgIpc) is 2.73. The lowest BCUT2D eigenvalue weighted by Crippen LogP contribution is -2.34. The average molecular weight is 305 g/mol. The van der Waals surface area contributed by atoms with E-state index in [0.717, 1.165) is 38.9 Å². The Morgan fingerprint density at radius 2 is 2.05 bits per heavy atom. The number of hydrogen-bond acceptors (Lipinski definition) is 4. The molecule has 0 spiro atoms. The number of sulfonamides is 1. The third-order valence-corrected chi connectivity index (χ3v) is 5.76. The first-order valence-electron chi connectivity index (χ1n) is 7.67. The van der Waals surface area contributed by atoms with Crippen molar-refractivity contribution in [1.29, 1.82) is 0 Å². The lowest BCUT2D eigenvalue weighted by atomic mass is 10.1. The van der Waals surface area contributed by atoms with Crippen LogP contribution in [0.5, 0.6) is 0 Å². The summed E-state index contributed by atoms with van der Waals surface area (Å²) in [4.78, 5) is 2.27. The fourth-order valence-electron chi connectivity index (χ4n) is 2.61. The van der Waals surface area contributed by atoms with Crippen molar-refractivity contribution in [2.24, 2.45) is 5.92 Å². The Kier molecular flexibility index (Phi) is 7.43. The van der Waals surface area contributed by atoms with Crippen molar-refractivity contribution in [3.8, 4) is 0 Å². The van der Waals surface area contributed by atoms with Gasteiger partial charge in [0.05, 0.1) is 5.75 Å². The molecule has 1 aliphatic heterocycles. The lowest BCUT2D eigenvalue weighted by molar-refractivity contribution is 0.356. The van der Waals surface area contributed by atoms with Crippen LogP contribution in [0.2, 0.25) is 0 Å².